The highest BCUT2D eigenvalue weighted by Gasteiger charge is 2.44. The molecule has 0 bridgehead atoms. The zero-order chi connectivity index (χ0) is 14.8. The average Bonchev–Trinajstić information content (AvgIpc) is 2.41. The van der Waals surface area contributed by atoms with Crippen molar-refractivity contribution in [1.82, 2.24) is 4.90 Å². The summed E-state index contributed by atoms with van der Waals surface area (Å²) in [5, 5.41) is 0. The standard InChI is InChI=1S/C15H18FNO3/c1-11(18)20-15(7-9-17(2)10-8-15)14(19)12-3-5-13(16)6-4-12/h3-6H,7-10H2,1-2H3. The molecule has 5 heteroatoms. The fourth-order valence-corrected chi connectivity index (χ4v) is 2.49. The summed E-state index contributed by atoms with van der Waals surface area (Å²) in [6.07, 6.45) is 0.915. The van der Waals surface area contributed by atoms with Gasteiger partial charge in [0.15, 0.2) is 5.60 Å². The second-order valence-electron chi connectivity index (χ2n) is 5.23. The first kappa shape index (κ1) is 14.7. The van der Waals surface area contributed by atoms with E-state index in [1.165, 1.54) is 31.2 Å². The van der Waals surface area contributed by atoms with Gasteiger partial charge in [-0.3, -0.25) is 9.59 Å². The number of ether oxygens (including phenoxy) is 1. The number of hydrogen-bond donors (Lipinski definition) is 0. The molecule has 0 atom stereocenters. The Hall–Kier alpha value is -1.75. The van der Waals surface area contributed by atoms with Gasteiger partial charge in [0, 0.05) is 38.4 Å². The maximum atomic E-state index is 12.9. The van der Waals surface area contributed by atoms with Gasteiger partial charge in [0.05, 0.1) is 0 Å². The van der Waals surface area contributed by atoms with E-state index in [2.05, 4.69) is 4.90 Å². The zero-order valence-corrected chi connectivity index (χ0v) is 11.7. The predicted molar refractivity (Wildman–Crippen MR) is 72.0 cm³/mol. The number of esters is 1. The molecule has 0 amide bonds. The van der Waals surface area contributed by atoms with E-state index < -0.39 is 17.4 Å². The Labute approximate surface area is 117 Å². The molecule has 0 aliphatic carbocycles. The number of halogens is 1. The highest BCUT2D eigenvalue weighted by molar-refractivity contribution is 6.03. The van der Waals surface area contributed by atoms with Crippen molar-refractivity contribution in [3.63, 3.8) is 0 Å². The first-order chi connectivity index (χ1) is 9.43. The van der Waals surface area contributed by atoms with Crippen molar-refractivity contribution in [2.24, 2.45) is 0 Å². The summed E-state index contributed by atoms with van der Waals surface area (Å²) in [5.74, 6) is -1.11. The molecule has 1 heterocycles. The number of likely N-dealkylation sites (tertiary alicyclic amines) is 1. The quantitative estimate of drug-likeness (QED) is 0.627. The summed E-state index contributed by atoms with van der Waals surface area (Å²) in [6.45, 7) is 2.67. The van der Waals surface area contributed by atoms with Crippen molar-refractivity contribution in [3.05, 3.63) is 35.6 Å². The fourth-order valence-electron chi connectivity index (χ4n) is 2.49. The smallest absolute Gasteiger partial charge is 0.303 e. The van der Waals surface area contributed by atoms with Gasteiger partial charge in [0.2, 0.25) is 5.78 Å². The van der Waals surface area contributed by atoms with Crippen molar-refractivity contribution < 1.29 is 18.7 Å². The van der Waals surface area contributed by atoms with E-state index in [1.54, 1.807) is 0 Å². The predicted octanol–water partition coefficient (Wildman–Crippen LogP) is 2.04. The van der Waals surface area contributed by atoms with Crippen LogP contribution in [0.5, 0.6) is 0 Å². The Morgan fingerprint density at radius 1 is 1.20 bits per heavy atom. The van der Waals surface area contributed by atoms with Gasteiger partial charge in [-0.15, -0.1) is 0 Å². The van der Waals surface area contributed by atoms with Gasteiger partial charge in [0.25, 0.3) is 0 Å². The molecule has 1 aromatic rings. The Morgan fingerprint density at radius 2 is 1.75 bits per heavy atom. The van der Waals surface area contributed by atoms with E-state index in [0.29, 0.717) is 31.5 Å². The van der Waals surface area contributed by atoms with Crippen molar-refractivity contribution >= 4 is 11.8 Å². The fraction of sp³-hybridized carbons (Fsp3) is 0.467. The van der Waals surface area contributed by atoms with Crippen LogP contribution in [0.15, 0.2) is 24.3 Å². The summed E-state index contributed by atoms with van der Waals surface area (Å²) in [6, 6.07) is 5.34. The molecule has 1 fully saturated rings. The second-order valence-corrected chi connectivity index (χ2v) is 5.23. The van der Waals surface area contributed by atoms with Crippen molar-refractivity contribution in [1.29, 1.82) is 0 Å². The molecule has 2 rings (SSSR count). The van der Waals surface area contributed by atoms with Crippen LogP contribution in [0.1, 0.15) is 30.1 Å². The number of nitrogens with zero attached hydrogens (tertiary/aromatic N) is 1. The minimum atomic E-state index is -1.11. The van der Waals surface area contributed by atoms with Gasteiger partial charge in [-0.1, -0.05) is 0 Å². The number of Topliss-reactive ketones (excluding diaryl/α,β-unsaturated/α-hetero) is 1. The van der Waals surface area contributed by atoms with Crippen LogP contribution in [-0.4, -0.2) is 42.4 Å². The lowest BCUT2D eigenvalue weighted by molar-refractivity contribution is -0.156. The van der Waals surface area contributed by atoms with Gasteiger partial charge in [-0.05, 0) is 31.3 Å². The van der Waals surface area contributed by atoms with Crippen molar-refractivity contribution in [2.75, 3.05) is 20.1 Å². The third kappa shape index (κ3) is 3.04. The molecule has 0 aromatic heterocycles. The molecule has 1 aromatic carbocycles. The highest BCUT2D eigenvalue weighted by Crippen LogP contribution is 2.30. The van der Waals surface area contributed by atoms with Gasteiger partial charge < -0.3 is 9.64 Å². The Morgan fingerprint density at radius 3 is 2.25 bits per heavy atom. The first-order valence-electron chi connectivity index (χ1n) is 6.61. The van der Waals surface area contributed by atoms with E-state index in [4.69, 9.17) is 4.74 Å². The molecule has 108 valence electrons. The highest BCUT2D eigenvalue weighted by atomic mass is 19.1. The molecule has 0 radical (unpaired) electrons. The number of piperidine rings is 1. The lowest BCUT2D eigenvalue weighted by Crippen LogP contribution is -2.51. The monoisotopic (exact) mass is 279 g/mol. The molecule has 4 nitrogen and oxygen atoms in total. The molecule has 0 unspecified atom stereocenters. The van der Waals surface area contributed by atoms with Crippen molar-refractivity contribution in [3.8, 4) is 0 Å². The third-order valence-electron chi connectivity index (χ3n) is 3.65. The molecule has 0 spiro atoms. The van der Waals surface area contributed by atoms with Gasteiger partial charge in [-0.2, -0.15) is 0 Å². The lowest BCUT2D eigenvalue weighted by atomic mass is 9.84. The topological polar surface area (TPSA) is 46.6 Å². The second kappa shape index (κ2) is 5.71. The van der Waals surface area contributed by atoms with Gasteiger partial charge in [0.1, 0.15) is 5.82 Å². The van der Waals surface area contributed by atoms with E-state index in [9.17, 15) is 14.0 Å². The minimum absolute atomic E-state index is 0.249. The largest absolute Gasteiger partial charge is 0.451 e. The van der Waals surface area contributed by atoms with Crippen molar-refractivity contribution in [2.45, 2.75) is 25.4 Å². The Kier molecular flexibility index (Phi) is 4.18. The molecular weight excluding hydrogens is 261 g/mol. The third-order valence-corrected chi connectivity index (χ3v) is 3.65. The minimum Gasteiger partial charge on any atom is -0.451 e. The van der Waals surface area contributed by atoms with Gasteiger partial charge >= 0.3 is 5.97 Å². The SMILES string of the molecule is CC(=O)OC1(C(=O)c2ccc(F)cc2)CCN(C)CC1. The molecule has 1 saturated heterocycles. The van der Waals surface area contributed by atoms with E-state index in [0.717, 1.165) is 0 Å². The molecule has 0 saturated carbocycles. The number of rotatable bonds is 3. The Bertz CT molecular complexity index is 504. The zero-order valence-electron chi connectivity index (χ0n) is 11.7. The maximum Gasteiger partial charge on any atom is 0.303 e. The van der Waals surface area contributed by atoms with Gasteiger partial charge in [-0.25, -0.2) is 4.39 Å². The molecule has 1 aliphatic heterocycles. The molecular formula is C15H18FNO3. The summed E-state index contributed by atoms with van der Waals surface area (Å²) >= 11 is 0. The van der Waals surface area contributed by atoms with Crippen LogP contribution in [0.2, 0.25) is 0 Å². The number of hydrogen-bond acceptors (Lipinski definition) is 4. The van der Waals surface area contributed by atoms with E-state index in [-0.39, 0.29) is 5.78 Å². The molecule has 1 aliphatic rings. The maximum absolute atomic E-state index is 12.9. The number of carbonyl (C=O) groups is 2. The van der Waals surface area contributed by atoms with E-state index in [1.807, 2.05) is 7.05 Å². The summed E-state index contributed by atoms with van der Waals surface area (Å²) < 4.78 is 18.3. The Balaban J connectivity index is 2.28. The van der Waals surface area contributed by atoms with Crippen LogP contribution >= 0.6 is 0 Å². The number of ketones is 1. The normalized spacial score (nSPS) is 18.6. The average molecular weight is 279 g/mol. The van der Waals surface area contributed by atoms with Crippen LogP contribution in [0, 0.1) is 5.82 Å². The number of carbonyl (C=O) groups excluding carboxylic acids is 2. The first-order valence-corrected chi connectivity index (χ1v) is 6.61. The van der Waals surface area contributed by atoms with Crippen LogP contribution in [0.25, 0.3) is 0 Å². The number of benzene rings is 1. The summed E-state index contributed by atoms with van der Waals surface area (Å²) in [4.78, 5) is 26.1. The van der Waals surface area contributed by atoms with Crippen LogP contribution in [0.3, 0.4) is 0 Å². The van der Waals surface area contributed by atoms with E-state index >= 15 is 0 Å². The molecule has 0 N–H and O–H groups in total. The van der Waals surface area contributed by atoms with Crippen LogP contribution < -0.4 is 0 Å². The van der Waals surface area contributed by atoms with Crippen LogP contribution in [-0.2, 0) is 9.53 Å². The lowest BCUT2D eigenvalue weighted by Gasteiger charge is -2.38. The summed E-state index contributed by atoms with van der Waals surface area (Å²) in [5.41, 5.74) is -0.742. The van der Waals surface area contributed by atoms with Crippen LogP contribution in [0.4, 0.5) is 4.39 Å². The summed E-state index contributed by atoms with van der Waals surface area (Å²) in [7, 11) is 1.96. The molecule has 20 heavy (non-hydrogen) atoms.